The number of rotatable bonds is 5. The topological polar surface area (TPSA) is 123 Å². The van der Waals surface area contributed by atoms with Gasteiger partial charge in [0.05, 0.1) is 24.8 Å². The molecule has 1 aliphatic rings. The zero-order chi connectivity index (χ0) is 22.1. The van der Waals surface area contributed by atoms with E-state index in [1.165, 1.54) is 22.9 Å². The lowest BCUT2D eigenvalue weighted by Gasteiger charge is -2.24. The number of amides is 2. The summed E-state index contributed by atoms with van der Waals surface area (Å²) in [4.78, 5) is 36.4. The van der Waals surface area contributed by atoms with Crippen LogP contribution in [0.5, 0.6) is 5.75 Å². The molecule has 0 bridgehead atoms. The molecule has 0 saturated carbocycles. The lowest BCUT2D eigenvalue weighted by molar-refractivity contribution is -0.125. The van der Waals surface area contributed by atoms with E-state index >= 15 is 0 Å². The van der Waals surface area contributed by atoms with Crippen LogP contribution < -0.4 is 15.4 Å². The van der Waals surface area contributed by atoms with Crippen molar-refractivity contribution in [2.45, 2.75) is 19.4 Å². The molecule has 0 fully saturated rings. The number of nitrogens with zero attached hydrogens (tertiary/aromatic N) is 2. The van der Waals surface area contributed by atoms with Crippen LogP contribution in [0.2, 0.25) is 0 Å². The SMILES string of the molecule is COc1ccc(-c2nn3c(c2C)NC(=O)CC3C(=O)Nc2cccc(C(=O)O)c2)cc1. The fourth-order valence-electron chi connectivity index (χ4n) is 3.52. The maximum Gasteiger partial charge on any atom is 0.335 e. The molecule has 2 heterocycles. The van der Waals surface area contributed by atoms with Crippen molar-refractivity contribution in [1.29, 1.82) is 0 Å². The molecule has 1 atom stereocenters. The van der Waals surface area contributed by atoms with E-state index in [-0.39, 0.29) is 17.9 Å². The number of carboxylic acid groups (broad SMARTS) is 1. The fourth-order valence-corrected chi connectivity index (χ4v) is 3.52. The molecule has 1 aliphatic heterocycles. The number of methoxy groups -OCH3 is 1. The van der Waals surface area contributed by atoms with Crippen molar-refractivity contribution < 1.29 is 24.2 Å². The first-order valence-electron chi connectivity index (χ1n) is 9.55. The van der Waals surface area contributed by atoms with Gasteiger partial charge in [0.15, 0.2) is 0 Å². The number of carbonyl (C=O) groups excluding carboxylic acids is 2. The Morgan fingerprint density at radius 1 is 1.23 bits per heavy atom. The Bertz CT molecular complexity index is 1180. The van der Waals surface area contributed by atoms with Crippen molar-refractivity contribution in [3.8, 4) is 17.0 Å². The summed E-state index contributed by atoms with van der Waals surface area (Å²) in [7, 11) is 1.58. The lowest BCUT2D eigenvalue weighted by Crippen LogP contribution is -2.36. The second-order valence-electron chi connectivity index (χ2n) is 7.14. The normalized spacial score (nSPS) is 15.0. The van der Waals surface area contributed by atoms with Crippen LogP contribution in [-0.2, 0) is 9.59 Å². The number of aromatic nitrogens is 2. The number of nitrogens with one attached hydrogen (secondary N) is 2. The Balaban J connectivity index is 1.66. The lowest BCUT2D eigenvalue weighted by atomic mass is 10.1. The molecular formula is C22H20N4O5. The highest BCUT2D eigenvalue weighted by Crippen LogP contribution is 2.35. The number of hydrogen-bond acceptors (Lipinski definition) is 5. The van der Waals surface area contributed by atoms with Crippen LogP contribution in [0.1, 0.15) is 28.4 Å². The van der Waals surface area contributed by atoms with Crippen molar-refractivity contribution in [2.24, 2.45) is 0 Å². The first-order valence-corrected chi connectivity index (χ1v) is 9.55. The Morgan fingerprint density at radius 3 is 2.65 bits per heavy atom. The van der Waals surface area contributed by atoms with Gasteiger partial charge < -0.3 is 20.5 Å². The highest BCUT2D eigenvalue weighted by Gasteiger charge is 2.34. The summed E-state index contributed by atoms with van der Waals surface area (Å²) >= 11 is 0. The number of fused-ring (bicyclic) bond motifs is 1. The molecular weight excluding hydrogens is 400 g/mol. The van der Waals surface area contributed by atoms with Gasteiger partial charge in [0.25, 0.3) is 0 Å². The van der Waals surface area contributed by atoms with Gasteiger partial charge in [-0.25, -0.2) is 9.48 Å². The number of benzene rings is 2. The third-order valence-corrected chi connectivity index (χ3v) is 5.12. The van der Waals surface area contributed by atoms with E-state index in [9.17, 15) is 14.4 Å². The van der Waals surface area contributed by atoms with Crippen molar-refractivity contribution >= 4 is 29.3 Å². The molecule has 3 aromatic rings. The highest BCUT2D eigenvalue weighted by molar-refractivity contribution is 6.02. The van der Waals surface area contributed by atoms with E-state index in [2.05, 4.69) is 15.7 Å². The molecule has 158 valence electrons. The standard InChI is InChI=1S/C22H20N4O5/c1-12-19(13-6-8-16(31-2)9-7-13)25-26-17(11-18(27)24-20(12)26)21(28)23-15-5-3-4-14(10-15)22(29)30/h3-10,17H,11H2,1-2H3,(H,23,28)(H,24,27)(H,29,30). The average Bonchev–Trinajstić information content (AvgIpc) is 3.09. The van der Waals surface area contributed by atoms with Crippen LogP contribution in [-0.4, -0.2) is 39.8 Å². The largest absolute Gasteiger partial charge is 0.497 e. The van der Waals surface area contributed by atoms with Gasteiger partial charge in [-0.05, 0) is 49.4 Å². The quantitative estimate of drug-likeness (QED) is 0.583. The Kier molecular flexibility index (Phi) is 5.16. The summed E-state index contributed by atoms with van der Waals surface area (Å²) in [5.74, 6) is -0.679. The molecule has 0 radical (unpaired) electrons. The molecule has 31 heavy (non-hydrogen) atoms. The van der Waals surface area contributed by atoms with Gasteiger partial charge in [-0.3, -0.25) is 9.59 Å². The fraction of sp³-hybridized carbons (Fsp3) is 0.182. The number of carboxylic acids is 1. The molecule has 1 unspecified atom stereocenters. The first kappa shape index (κ1) is 20.1. The molecule has 0 aliphatic carbocycles. The zero-order valence-corrected chi connectivity index (χ0v) is 16.9. The monoisotopic (exact) mass is 420 g/mol. The van der Waals surface area contributed by atoms with Gasteiger partial charge in [0.2, 0.25) is 11.8 Å². The molecule has 9 heteroatoms. The number of ether oxygens (including phenoxy) is 1. The number of carbonyl (C=O) groups is 3. The summed E-state index contributed by atoms with van der Waals surface area (Å²) in [6.45, 7) is 1.83. The molecule has 3 N–H and O–H groups in total. The van der Waals surface area contributed by atoms with Gasteiger partial charge in [-0.1, -0.05) is 6.07 Å². The van der Waals surface area contributed by atoms with Gasteiger partial charge in [0.1, 0.15) is 17.6 Å². The third kappa shape index (κ3) is 3.85. The Hall–Kier alpha value is -4.14. The number of hydrogen-bond donors (Lipinski definition) is 3. The third-order valence-electron chi connectivity index (χ3n) is 5.12. The molecule has 2 amide bonds. The van der Waals surface area contributed by atoms with Gasteiger partial charge in [-0.15, -0.1) is 0 Å². The number of aromatic carboxylic acids is 1. The van der Waals surface area contributed by atoms with Crippen LogP contribution in [0.4, 0.5) is 11.5 Å². The maximum atomic E-state index is 13.0. The van der Waals surface area contributed by atoms with Gasteiger partial charge in [-0.2, -0.15) is 5.10 Å². The van der Waals surface area contributed by atoms with Crippen molar-refractivity contribution in [3.05, 3.63) is 59.7 Å². The molecule has 0 spiro atoms. The second-order valence-corrected chi connectivity index (χ2v) is 7.14. The summed E-state index contributed by atoms with van der Waals surface area (Å²) in [6, 6.07) is 12.4. The van der Waals surface area contributed by atoms with Crippen LogP contribution >= 0.6 is 0 Å². The summed E-state index contributed by atoms with van der Waals surface area (Å²) in [6.07, 6.45) is -0.0827. The van der Waals surface area contributed by atoms with Crippen LogP contribution in [0.3, 0.4) is 0 Å². The van der Waals surface area contributed by atoms with Crippen molar-refractivity contribution in [3.63, 3.8) is 0 Å². The van der Waals surface area contributed by atoms with Gasteiger partial charge in [0, 0.05) is 16.8 Å². The Morgan fingerprint density at radius 2 is 1.97 bits per heavy atom. The van der Waals surface area contributed by atoms with E-state index in [1.807, 2.05) is 31.2 Å². The zero-order valence-electron chi connectivity index (χ0n) is 16.9. The van der Waals surface area contributed by atoms with Crippen LogP contribution in [0.15, 0.2) is 48.5 Å². The van der Waals surface area contributed by atoms with Crippen LogP contribution in [0, 0.1) is 6.92 Å². The predicted octanol–water partition coefficient (Wildman–Crippen LogP) is 3.09. The maximum absolute atomic E-state index is 13.0. The van der Waals surface area contributed by atoms with Crippen LogP contribution in [0.25, 0.3) is 11.3 Å². The molecule has 1 aromatic heterocycles. The second kappa shape index (κ2) is 7.94. The van der Waals surface area contributed by atoms with E-state index in [1.54, 1.807) is 13.2 Å². The molecule has 2 aromatic carbocycles. The van der Waals surface area contributed by atoms with Crippen molar-refractivity contribution in [2.75, 3.05) is 17.7 Å². The molecule has 4 rings (SSSR count). The minimum Gasteiger partial charge on any atom is -0.497 e. The minimum atomic E-state index is -1.10. The Labute approximate surface area is 177 Å². The smallest absolute Gasteiger partial charge is 0.335 e. The minimum absolute atomic E-state index is 0.0524. The average molecular weight is 420 g/mol. The van der Waals surface area contributed by atoms with Gasteiger partial charge >= 0.3 is 5.97 Å². The van der Waals surface area contributed by atoms with E-state index in [4.69, 9.17) is 9.84 Å². The van der Waals surface area contributed by atoms with E-state index in [0.717, 1.165) is 11.1 Å². The summed E-state index contributed by atoms with van der Waals surface area (Å²) in [5, 5.41) is 19.2. The summed E-state index contributed by atoms with van der Waals surface area (Å²) in [5.41, 5.74) is 2.59. The molecule has 0 saturated heterocycles. The van der Waals surface area contributed by atoms with E-state index in [0.29, 0.717) is 22.9 Å². The molecule has 9 nitrogen and oxygen atoms in total. The first-order chi connectivity index (χ1) is 14.9. The van der Waals surface area contributed by atoms with Crippen molar-refractivity contribution in [1.82, 2.24) is 9.78 Å². The summed E-state index contributed by atoms with van der Waals surface area (Å²) < 4.78 is 6.69. The van der Waals surface area contributed by atoms with E-state index < -0.39 is 17.9 Å². The highest BCUT2D eigenvalue weighted by atomic mass is 16.5. The predicted molar refractivity (Wildman–Crippen MR) is 113 cm³/mol. The number of anilines is 2.